The number of methoxy groups -OCH3 is 1. The first-order chi connectivity index (χ1) is 13.2. The summed E-state index contributed by atoms with van der Waals surface area (Å²) >= 11 is 1.88. The van der Waals surface area contributed by atoms with Gasteiger partial charge in [0.1, 0.15) is 5.75 Å². The van der Waals surface area contributed by atoms with Crippen molar-refractivity contribution in [2.24, 2.45) is 0 Å². The van der Waals surface area contributed by atoms with Crippen LogP contribution in [-0.4, -0.2) is 25.2 Å². The van der Waals surface area contributed by atoms with Gasteiger partial charge < -0.3 is 20.8 Å². The average molecular weight is 471 g/mol. The number of fused-ring (bicyclic) bond motifs is 1. The van der Waals surface area contributed by atoms with Gasteiger partial charge in [-0.1, -0.05) is 30.3 Å². The summed E-state index contributed by atoms with van der Waals surface area (Å²) in [5.74, 6) is 0.983. The Bertz CT molecular complexity index is 934. The van der Waals surface area contributed by atoms with Gasteiger partial charge in [0.2, 0.25) is 0 Å². The maximum absolute atomic E-state index is 5.70. The van der Waals surface area contributed by atoms with E-state index in [1.807, 2.05) is 11.3 Å². The molecule has 0 saturated carbocycles. The Kier molecular flexibility index (Phi) is 10.6. The number of thiophene rings is 1. The summed E-state index contributed by atoms with van der Waals surface area (Å²) in [7, 11) is 1.77. The molecule has 2 heterocycles. The molecule has 166 valence electrons. The molecule has 7 heteroatoms. The lowest BCUT2D eigenvalue weighted by Gasteiger charge is -2.34. The smallest absolute Gasteiger partial charge is 0.124 e. The van der Waals surface area contributed by atoms with E-state index in [2.05, 4.69) is 66.9 Å². The molecule has 2 unspecified atom stereocenters. The number of halogens is 2. The van der Waals surface area contributed by atoms with Crippen LogP contribution in [0.2, 0.25) is 0 Å². The fourth-order valence-corrected chi connectivity index (χ4v) is 5.35. The molecule has 4 nitrogen and oxygen atoms in total. The molecule has 1 aromatic heterocycles. The fraction of sp³-hybridized carbons (Fsp3) is 0.391. The zero-order valence-electron chi connectivity index (χ0n) is 17.7. The SMILES string of the molecule is COc1ccc2c(C)c(C)sc2c1CNC1CCCNC1c1ccccc1.Cl.Cl.O. The lowest BCUT2D eigenvalue weighted by molar-refractivity contribution is 0.303. The molecule has 0 bridgehead atoms. The van der Waals surface area contributed by atoms with Gasteiger partial charge in [0.15, 0.2) is 0 Å². The quantitative estimate of drug-likeness (QED) is 0.542. The second kappa shape index (κ2) is 11.9. The van der Waals surface area contributed by atoms with E-state index in [9.17, 15) is 0 Å². The van der Waals surface area contributed by atoms with E-state index in [0.29, 0.717) is 12.1 Å². The molecule has 0 radical (unpaired) electrons. The minimum absolute atomic E-state index is 0. The molecule has 4 N–H and O–H groups in total. The number of hydrogen-bond donors (Lipinski definition) is 2. The summed E-state index contributed by atoms with van der Waals surface area (Å²) in [6.45, 7) is 6.34. The number of rotatable bonds is 5. The lowest BCUT2D eigenvalue weighted by Crippen LogP contribution is -2.45. The Labute approximate surface area is 195 Å². The Hall–Kier alpha value is -1.34. The van der Waals surface area contributed by atoms with Crippen LogP contribution >= 0.6 is 36.2 Å². The van der Waals surface area contributed by atoms with Gasteiger partial charge >= 0.3 is 0 Å². The molecule has 1 saturated heterocycles. The Morgan fingerprint density at radius 1 is 1.10 bits per heavy atom. The van der Waals surface area contributed by atoms with Crippen molar-refractivity contribution in [3.05, 3.63) is 64.0 Å². The van der Waals surface area contributed by atoms with Gasteiger partial charge in [-0.3, -0.25) is 0 Å². The van der Waals surface area contributed by atoms with E-state index in [1.54, 1.807) is 7.11 Å². The van der Waals surface area contributed by atoms with Gasteiger partial charge in [-0.25, -0.2) is 0 Å². The molecule has 1 fully saturated rings. The van der Waals surface area contributed by atoms with Gasteiger partial charge in [-0.2, -0.15) is 0 Å². The molecule has 3 aromatic rings. The number of nitrogens with one attached hydrogen (secondary N) is 2. The Morgan fingerprint density at radius 3 is 2.53 bits per heavy atom. The third-order valence-corrected chi connectivity index (χ3v) is 7.07. The molecule has 0 aliphatic carbocycles. The van der Waals surface area contributed by atoms with Crippen molar-refractivity contribution in [2.45, 2.75) is 45.3 Å². The lowest BCUT2D eigenvalue weighted by atomic mass is 9.92. The summed E-state index contributed by atoms with van der Waals surface area (Å²) in [5.41, 5.74) is 4.04. The van der Waals surface area contributed by atoms with E-state index in [4.69, 9.17) is 4.74 Å². The summed E-state index contributed by atoms with van der Waals surface area (Å²) in [6, 6.07) is 15.9. The van der Waals surface area contributed by atoms with Crippen molar-refractivity contribution in [2.75, 3.05) is 13.7 Å². The van der Waals surface area contributed by atoms with E-state index in [0.717, 1.165) is 18.8 Å². The molecule has 1 aliphatic heterocycles. The highest BCUT2D eigenvalue weighted by Crippen LogP contribution is 2.37. The van der Waals surface area contributed by atoms with Crippen molar-refractivity contribution in [3.63, 3.8) is 0 Å². The predicted molar refractivity (Wildman–Crippen MR) is 133 cm³/mol. The van der Waals surface area contributed by atoms with Gasteiger partial charge in [-0.15, -0.1) is 36.2 Å². The van der Waals surface area contributed by atoms with Crippen LogP contribution in [0.1, 0.15) is 40.5 Å². The first-order valence-electron chi connectivity index (χ1n) is 9.76. The van der Waals surface area contributed by atoms with Crippen LogP contribution in [0.3, 0.4) is 0 Å². The van der Waals surface area contributed by atoms with Crippen LogP contribution in [-0.2, 0) is 6.54 Å². The largest absolute Gasteiger partial charge is 0.496 e. The second-order valence-corrected chi connectivity index (χ2v) is 8.60. The molecule has 1 aliphatic rings. The normalized spacial score (nSPS) is 18.1. The van der Waals surface area contributed by atoms with Crippen LogP contribution < -0.4 is 15.4 Å². The molecule has 4 rings (SSSR count). The topological polar surface area (TPSA) is 64.8 Å². The van der Waals surface area contributed by atoms with Crippen molar-refractivity contribution < 1.29 is 10.2 Å². The van der Waals surface area contributed by atoms with E-state index >= 15 is 0 Å². The van der Waals surface area contributed by atoms with Crippen molar-refractivity contribution >= 4 is 46.2 Å². The second-order valence-electron chi connectivity index (χ2n) is 7.38. The number of aryl methyl sites for hydroxylation is 2. The predicted octanol–water partition coefficient (Wildman–Crippen LogP) is 5.13. The Morgan fingerprint density at radius 2 is 1.83 bits per heavy atom. The number of piperidine rings is 1. The number of benzene rings is 2. The minimum atomic E-state index is 0. The van der Waals surface area contributed by atoms with Gasteiger partial charge in [-0.05, 0) is 61.9 Å². The summed E-state index contributed by atoms with van der Waals surface area (Å²) in [6.07, 6.45) is 2.40. The van der Waals surface area contributed by atoms with E-state index in [-0.39, 0.29) is 30.3 Å². The molecule has 30 heavy (non-hydrogen) atoms. The monoisotopic (exact) mass is 470 g/mol. The van der Waals surface area contributed by atoms with Crippen molar-refractivity contribution in [1.29, 1.82) is 0 Å². The van der Waals surface area contributed by atoms with Gasteiger partial charge in [0.05, 0.1) is 7.11 Å². The summed E-state index contributed by atoms with van der Waals surface area (Å²) in [5, 5.41) is 8.91. The van der Waals surface area contributed by atoms with Crippen LogP contribution in [0, 0.1) is 13.8 Å². The van der Waals surface area contributed by atoms with Crippen LogP contribution in [0.25, 0.3) is 10.1 Å². The molecule has 0 spiro atoms. The van der Waals surface area contributed by atoms with E-state index in [1.165, 1.54) is 44.5 Å². The third-order valence-electron chi connectivity index (χ3n) is 5.78. The highest BCUT2D eigenvalue weighted by atomic mass is 35.5. The first kappa shape index (κ1) is 26.7. The Balaban J connectivity index is 0.00000150. The molecular weight excluding hydrogens is 439 g/mol. The summed E-state index contributed by atoms with van der Waals surface area (Å²) < 4.78 is 7.06. The van der Waals surface area contributed by atoms with Gasteiger partial charge in [0.25, 0.3) is 0 Å². The number of ether oxygens (including phenoxy) is 1. The molecule has 2 atom stereocenters. The third kappa shape index (κ3) is 5.28. The molecule has 2 aromatic carbocycles. The van der Waals surface area contributed by atoms with Gasteiger partial charge in [0, 0.05) is 33.8 Å². The average Bonchev–Trinajstić information content (AvgIpc) is 3.01. The highest BCUT2D eigenvalue weighted by Gasteiger charge is 2.26. The molecule has 0 amide bonds. The standard InChI is InChI=1S/C23H28N2OS.2ClH.H2O/c1-15-16(2)27-23-18(15)11-12-21(26-3)19(23)14-25-20-10-7-13-24-22(20)17-8-5-4-6-9-17;;;/h4-6,8-9,11-12,20,22,24-25H,7,10,13-14H2,1-3H3;2*1H;1H2. The van der Waals surface area contributed by atoms with Crippen LogP contribution in [0.15, 0.2) is 42.5 Å². The van der Waals surface area contributed by atoms with Crippen LogP contribution in [0.4, 0.5) is 0 Å². The maximum atomic E-state index is 5.70. The highest BCUT2D eigenvalue weighted by molar-refractivity contribution is 7.19. The van der Waals surface area contributed by atoms with E-state index < -0.39 is 0 Å². The first-order valence-corrected chi connectivity index (χ1v) is 10.6. The van der Waals surface area contributed by atoms with Crippen LogP contribution in [0.5, 0.6) is 5.75 Å². The zero-order valence-corrected chi connectivity index (χ0v) is 20.1. The van der Waals surface area contributed by atoms with Crippen molar-refractivity contribution in [3.8, 4) is 5.75 Å². The maximum Gasteiger partial charge on any atom is 0.124 e. The minimum Gasteiger partial charge on any atom is -0.496 e. The molecular formula is C23H32Cl2N2O2S. The summed E-state index contributed by atoms with van der Waals surface area (Å²) in [4.78, 5) is 1.39. The number of hydrogen-bond acceptors (Lipinski definition) is 4. The van der Waals surface area contributed by atoms with Crippen molar-refractivity contribution in [1.82, 2.24) is 10.6 Å². The zero-order chi connectivity index (χ0) is 18.8. The fourth-order valence-electron chi connectivity index (χ4n) is 4.15.